The minimum atomic E-state index is -0.779. The molecule has 6 nitrogen and oxygen atoms in total. The molecule has 0 heterocycles. The Morgan fingerprint density at radius 1 is 0.323 bits per heavy atom. The van der Waals surface area contributed by atoms with E-state index in [1.807, 2.05) is 0 Å². The van der Waals surface area contributed by atoms with Gasteiger partial charge < -0.3 is 14.2 Å². The molecule has 0 aromatic rings. The van der Waals surface area contributed by atoms with Crippen LogP contribution in [0.4, 0.5) is 0 Å². The van der Waals surface area contributed by atoms with Crippen LogP contribution in [0.3, 0.4) is 0 Å². The van der Waals surface area contributed by atoms with Crippen molar-refractivity contribution in [1.82, 2.24) is 0 Å². The van der Waals surface area contributed by atoms with Gasteiger partial charge >= 0.3 is 17.9 Å². The van der Waals surface area contributed by atoms with E-state index in [4.69, 9.17) is 14.2 Å². The molecule has 0 spiro atoms. The fourth-order valence-electron chi connectivity index (χ4n) is 7.77. The molecule has 0 rings (SSSR count). The zero-order chi connectivity index (χ0) is 45.1. The molecule has 0 aromatic heterocycles. The maximum Gasteiger partial charge on any atom is 0.306 e. The second kappa shape index (κ2) is 51.3. The lowest BCUT2D eigenvalue weighted by molar-refractivity contribution is -0.167. The van der Waals surface area contributed by atoms with Crippen LogP contribution >= 0.6 is 0 Å². The summed E-state index contributed by atoms with van der Waals surface area (Å²) in [6.45, 7) is 6.57. The smallest absolute Gasteiger partial charge is 0.306 e. The molecule has 0 N–H and O–H groups in total. The number of allylic oxidation sites excluding steroid dienone is 6. The van der Waals surface area contributed by atoms with Crippen LogP contribution in [0.25, 0.3) is 0 Å². The van der Waals surface area contributed by atoms with Gasteiger partial charge in [-0.1, -0.05) is 231 Å². The van der Waals surface area contributed by atoms with E-state index in [-0.39, 0.29) is 31.1 Å². The second-order valence-corrected chi connectivity index (χ2v) is 18.1. The Morgan fingerprint density at radius 3 is 0.984 bits per heavy atom. The van der Waals surface area contributed by atoms with Gasteiger partial charge in [-0.15, -0.1) is 0 Å². The minimum absolute atomic E-state index is 0.0775. The van der Waals surface area contributed by atoms with Crippen LogP contribution in [0, 0.1) is 0 Å². The van der Waals surface area contributed by atoms with Gasteiger partial charge in [-0.25, -0.2) is 0 Å². The van der Waals surface area contributed by atoms with Crippen LogP contribution in [0.1, 0.15) is 284 Å². The highest BCUT2D eigenvalue weighted by atomic mass is 16.6. The molecule has 1 atom stereocenters. The Kier molecular flexibility index (Phi) is 49.3. The van der Waals surface area contributed by atoms with E-state index in [1.54, 1.807) is 0 Å². The molecular formula is C56H102O6. The summed E-state index contributed by atoms with van der Waals surface area (Å²) in [6.07, 6.45) is 59.9. The summed E-state index contributed by atoms with van der Waals surface area (Å²) >= 11 is 0. The van der Waals surface area contributed by atoms with Crippen molar-refractivity contribution in [3.63, 3.8) is 0 Å². The van der Waals surface area contributed by atoms with Crippen molar-refractivity contribution in [2.45, 2.75) is 290 Å². The normalized spacial score (nSPS) is 12.2. The summed E-state index contributed by atoms with van der Waals surface area (Å²) in [5.74, 6) is -0.891. The van der Waals surface area contributed by atoms with Crippen molar-refractivity contribution in [2.24, 2.45) is 0 Å². The number of carbonyl (C=O) groups excluding carboxylic acids is 3. The SMILES string of the molecule is CCC/C=C\CCCCCCCC(=O)OCC(COC(=O)CCCCCCCCCCCCCCCCCCCC)OC(=O)CCCCCCC/C=C\C/C=C\CCCCCC. The standard InChI is InChI=1S/C56H102O6/c1-4-7-10-13-16-19-22-24-26-28-29-31-32-34-37-40-43-46-49-55(58)61-52-53(51-60-54(57)48-45-42-39-36-21-18-15-12-9-6-3)62-56(59)50-47-44-41-38-35-33-30-27-25-23-20-17-14-11-8-5-2/h12,15,20,23,27,30,53H,4-11,13-14,16-19,21-22,24-26,28-29,31-52H2,1-3H3/b15-12-,23-20-,30-27-. The Labute approximate surface area is 385 Å². The summed E-state index contributed by atoms with van der Waals surface area (Å²) in [7, 11) is 0. The molecular weight excluding hydrogens is 769 g/mol. The van der Waals surface area contributed by atoms with Gasteiger partial charge in [-0.3, -0.25) is 14.4 Å². The number of carbonyl (C=O) groups is 3. The first-order valence-corrected chi connectivity index (χ1v) is 27.0. The first-order valence-electron chi connectivity index (χ1n) is 27.0. The molecule has 0 aliphatic heterocycles. The Hall–Kier alpha value is -2.37. The van der Waals surface area contributed by atoms with Crippen LogP contribution in [0.15, 0.2) is 36.5 Å². The van der Waals surface area contributed by atoms with E-state index >= 15 is 0 Å². The number of esters is 3. The van der Waals surface area contributed by atoms with Crippen molar-refractivity contribution < 1.29 is 28.6 Å². The third-order valence-electron chi connectivity index (χ3n) is 11.8. The highest BCUT2D eigenvalue weighted by molar-refractivity contribution is 5.71. The average molecular weight is 871 g/mol. The van der Waals surface area contributed by atoms with Crippen LogP contribution in [0.2, 0.25) is 0 Å². The lowest BCUT2D eigenvalue weighted by atomic mass is 10.0. The number of hydrogen-bond donors (Lipinski definition) is 0. The van der Waals surface area contributed by atoms with E-state index in [2.05, 4.69) is 57.2 Å². The quantitative estimate of drug-likeness (QED) is 0.0262. The first kappa shape index (κ1) is 59.6. The van der Waals surface area contributed by atoms with Gasteiger partial charge in [0.1, 0.15) is 13.2 Å². The highest BCUT2D eigenvalue weighted by Gasteiger charge is 2.19. The molecule has 0 aliphatic rings. The molecule has 0 amide bonds. The van der Waals surface area contributed by atoms with Gasteiger partial charge in [-0.2, -0.15) is 0 Å². The largest absolute Gasteiger partial charge is 0.462 e. The Morgan fingerprint density at radius 2 is 0.613 bits per heavy atom. The lowest BCUT2D eigenvalue weighted by Gasteiger charge is -2.18. The van der Waals surface area contributed by atoms with Gasteiger partial charge in [0, 0.05) is 19.3 Å². The van der Waals surface area contributed by atoms with Crippen molar-refractivity contribution in [3.8, 4) is 0 Å². The van der Waals surface area contributed by atoms with Crippen LogP contribution < -0.4 is 0 Å². The molecule has 0 radical (unpaired) electrons. The van der Waals surface area contributed by atoms with Crippen molar-refractivity contribution in [3.05, 3.63) is 36.5 Å². The van der Waals surface area contributed by atoms with E-state index < -0.39 is 6.10 Å². The fourth-order valence-corrected chi connectivity index (χ4v) is 7.77. The monoisotopic (exact) mass is 871 g/mol. The number of rotatable bonds is 49. The van der Waals surface area contributed by atoms with E-state index in [1.165, 1.54) is 148 Å². The van der Waals surface area contributed by atoms with Gasteiger partial charge in [-0.05, 0) is 70.6 Å². The third kappa shape index (κ3) is 48.7. The average Bonchev–Trinajstić information content (AvgIpc) is 3.27. The molecule has 0 aliphatic carbocycles. The predicted octanol–water partition coefficient (Wildman–Crippen LogP) is 17.7. The molecule has 6 heteroatoms. The predicted molar refractivity (Wildman–Crippen MR) is 266 cm³/mol. The summed E-state index contributed by atoms with van der Waals surface area (Å²) in [4.78, 5) is 38.0. The topological polar surface area (TPSA) is 78.9 Å². The van der Waals surface area contributed by atoms with Crippen molar-refractivity contribution >= 4 is 17.9 Å². The van der Waals surface area contributed by atoms with Gasteiger partial charge in [0.15, 0.2) is 6.10 Å². The molecule has 362 valence electrons. The van der Waals surface area contributed by atoms with Crippen molar-refractivity contribution in [2.75, 3.05) is 13.2 Å². The minimum Gasteiger partial charge on any atom is -0.462 e. The summed E-state index contributed by atoms with van der Waals surface area (Å²) in [5.41, 5.74) is 0. The summed E-state index contributed by atoms with van der Waals surface area (Å²) < 4.78 is 16.8. The second-order valence-electron chi connectivity index (χ2n) is 18.1. The maximum absolute atomic E-state index is 12.8. The molecule has 0 aromatic carbocycles. The number of unbranched alkanes of at least 4 members (excludes halogenated alkanes) is 32. The molecule has 1 unspecified atom stereocenters. The van der Waals surface area contributed by atoms with E-state index in [9.17, 15) is 14.4 Å². The van der Waals surface area contributed by atoms with E-state index in [0.717, 1.165) is 96.3 Å². The zero-order valence-corrected chi connectivity index (χ0v) is 41.4. The first-order chi connectivity index (χ1) is 30.5. The summed E-state index contributed by atoms with van der Waals surface area (Å²) in [5, 5.41) is 0. The number of ether oxygens (including phenoxy) is 3. The van der Waals surface area contributed by atoms with Crippen LogP contribution in [-0.4, -0.2) is 37.2 Å². The Bertz CT molecular complexity index is 1050. The summed E-state index contributed by atoms with van der Waals surface area (Å²) in [6, 6.07) is 0. The number of hydrogen-bond acceptors (Lipinski definition) is 6. The van der Waals surface area contributed by atoms with Gasteiger partial charge in [0.25, 0.3) is 0 Å². The maximum atomic E-state index is 12.8. The van der Waals surface area contributed by atoms with Crippen LogP contribution in [-0.2, 0) is 28.6 Å². The molecule has 0 fully saturated rings. The van der Waals surface area contributed by atoms with Crippen molar-refractivity contribution in [1.29, 1.82) is 0 Å². The van der Waals surface area contributed by atoms with Gasteiger partial charge in [0.05, 0.1) is 0 Å². The fraction of sp³-hybridized carbons (Fsp3) is 0.839. The Balaban J connectivity index is 4.31. The molecule has 0 saturated heterocycles. The molecule has 62 heavy (non-hydrogen) atoms. The third-order valence-corrected chi connectivity index (χ3v) is 11.8. The van der Waals surface area contributed by atoms with Crippen LogP contribution in [0.5, 0.6) is 0 Å². The van der Waals surface area contributed by atoms with E-state index in [0.29, 0.717) is 19.3 Å². The van der Waals surface area contributed by atoms with Gasteiger partial charge in [0.2, 0.25) is 0 Å². The molecule has 0 saturated carbocycles. The highest BCUT2D eigenvalue weighted by Crippen LogP contribution is 2.16. The lowest BCUT2D eigenvalue weighted by Crippen LogP contribution is -2.30. The molecule has 0 bridgehead atoms. The zero-order valence-electron chi connectivity index (χ0n) is 41.4.